The predicted molar refractivity (Wildman–Crippen MR) is 83.8 cm³/mol. The van der Waals surface area contributed by atoms with Crippen LogP contribution in [-0.2, 0) is 29.1 Å². The molecule has 0 unspecified atom stereocenters. The summed E-state index contributed by atoms with van der Waals surface area (Å²) < 4.78 is 5.07. The average molecular weight is 283 g/mol. The van der Waals surface area contributed by atoms with Gasteiger partial charge in [0.2, 0.25) is 5.91 Å². The standard InChI is InChI=1S/C18H21NO2/c1-21-14-17-9-7-16(8-10-17)13-19-18(20)12-11-15-5-3-2-4-6-15/h2-10H,11-14H2,1H3,(H,19,20). The smallest absolute Gasteiger partial charge is 0.220 e. The van der Waals surface area contributed by atoms with Crippen molar-refractivity contribution >= 4 is 5.91 Å². The van der Waals surface area contributed by atoms with Crippen LogP contribution >= 0.6 is 0 Å². The van der Waals surface area contributed by atoms with Gasteiger partial charge >= 0.3 is 0 Å². The summed E-state index contributed by atoms with van der Waals surface area (Å²) >= 11 is 0. The van der Waals surface area contributed by atoms with E-state index < -0.39 is 0 Å². The van der Waals surface area contributed by atoms with Gasteiger partial charge in [-0.15, -0.1) is 0 Å². The number of hydrogen-bond acceptors (Lipinski definition) is 2. The van der Waals surface area contributed by atoms with E-state index in [1.54, 1.807) is 7.11 Å². The number of carbonyl (C=O) groups excluding carboxylic acids is 1. The number of rotatable bonds is 7. The number of carbonyl (C=O) groups is 1. The van der Waals surface area contributed by atoms with Gasteiger partial charge in [-0.1, -0.05) is 54.6 Å². The van der Waals surface area contributed by atoms with Crippen LogP contribution in [0.4, 0.5) is 0 Å². The molecule has 2 aromatic carbocycles. The molecule has 2 aromatic rings. The molecule has 0 radical (unpaired) electrons. The Balaban J connectivity index is 1.73. The summed E-state index contributed by atoms with van der Waals surface area (Å²) in [7, 11) is 1.68. The Labute approximate surface area is 126 Å². The van der Waals surface area contributed by atoms with E-state index in [0.29, 0.717) is 19.6 Å². The maximum absolute atomic E-state index is 11.8. The molecule has 110 valence electrons. The Morgan fingerprint density at radius 2 is 1.62 bits per heavy atom. The van der Waals surface area contributed by atoms with Crippen LogP contribution in [0.15, 0.2) is 54.6 Å². The van der Waals surface area contributed by atoms with Crippen LogP contribution in [-0.4, -0.2) is 13.0 Å². The van der Waals surface area contributed by atoms with Crippen molar-refractivity contribution in [2.45, 2.75) is 26.0 Å². The monoisotopic (exact) mass is 283 g/mol. The van der Waals surface area contributed by atoms with Gasteiger partial charge in [-0.3, -0.25) is 4.79 Å². The molecule has 2 rings (SSSR count). The number of nitrogens with one attached hydrogen (secondary N) is 1. The highest BCUT2D eigenvalue weighted by molar-refractivity contribution is 5.76. The molecule has 0 spiro atoms. The molecular weight excluding hydrogens is 262 g/mol. The zero-order chi connectivity index (χ0) is 14.9. The van der Waals surface area contributed by atoms with Gasteiger partial charge in [0.05, 0.1) is 6.61 Å². The first-order valence-electron chi connectivity index (χ1n) is 7.15. The van der Waals surface area contributed by atoms with Crippen LogP contribution in [0.1, 0.15) is 23.1 Å². The summed E-state index contributed by atoms with van der Waals surface area (Å²) in [5.74, 6) is 0.0832. The molecule has 0 aliphatic heterocycles. The van der Waals surface area contributed by atoms with Gasteiger partial charge in [0.25, 0.3) is 0 Å². The van der Waals surface area contributed by atoms with Gasteiger partial charge in [0.1, 0.15) is 0 Å². The summed E-state index contributed by atoms with van der Waals surface area (Å²) in [5.41, 5.74) is 3.43. The zero-order valence-corrected chi connectivity index (χ0v) is 12.3. The van der Waals surface area contributed by atoms with E-state index in [1.165, 1.54) is 5.56 Å². The molecule has 0 aromatic heterocycles. The molecule has 21 heavy (non-hydrogen) atoms. The Bertz CT molecular complexity index is 549. The zero-order valence-electron chi connectivity index (χ0n) is 12.3. The maximum atomic E-state index is 11.8. The van der Waals surface area contributed by atoms with Crippen LogP contribution in [0.2, 0.25) is 0 Å². The van der Waals surface area contributed by atoms with Crippen molar-refractivity contribution in [2.24, 2.45) is 0 Å². The van der Waals surface area contributed by atoms with E-state index in [2.05, 4.69) is 5.32 Å². The Kier molecular flexibility index (Phi) is 5.98. The van der Waals surface area contributed by atoms with E-state index in [9.17, 15) is 4.79 Å². The fourth-order valence-electron chi connectivity index (χ4n) is 2.11. The Hall–Kier alpha value is -2.13. The topological polar surface area (TPSA) is 38.3 Å². The lowest BCUT2D eigenvalue weighted by Gasteiger charge is -2.06. The third kappa shape index (κ3) is 5.40. The fourth-order valence-corrected chi connectivity index (χ4v) is 2.11. The van der Waals surface area contributed by atoms with Crippen molar-refractivity contribution in [2.75, 3.05) is 7.11 Å². The van der Waals surface area contributed by atoms with Gasteiger partial charge < -0.3 is 10.1 Å². The summed E-state index contributed by atoms with van der Waals surface area (Å²) in [6.07, 6.45) is 1.30. The third-order valence-corrected chi connectivity index (χ3v) is 3.31. The molecule has 0 atom stereocenters. The van der Waals surface area contributed by atoms with Gasteiger partial charge in [-0.05, 0) is 23.1 Å². The molecule has 0 saturated heterocycles. The first kappa shape index (κ1) is 15.3. The van der Waals surface area contributed by atoms with Crippen LogP contribution in [0.3, 0.4) is 0 Å². The summed E-state index contributed by atoms with van der Waals surface area (Å²) in [4.78, 5) is 11.8. The molecule has 0 bridgehead atoms. The second-order valence-corrected chi connectivity index (χ2v) is 5.01. The largest absolute Gasteiger partial charge is 0.380 e. The van der Waals surface area contributed by atoms with E-state index in [4.69, 9.17) is 4.74 Å². The fraction of sp³-hybridized carbons (Fsp3) is 0.278. The summed E-state index contributed by atoms with van der Waals surface area (Å²) in [6, 6.07) is 18.1. The van der Waals surface area contributed by atoms with Crippen molar-refractivity contribution in [3.63, 3.8) is 0 Å². The van der Waals surface area contributed by atoms with Gasteiger partial charge in [0, 0.05) is 20.1 Å². The number of aryl methyl sites for hydroxylation is 1. The first-order chi connectivity index (χ1) is 10.3. The van der Waals surface area contributed by atoms with Crippen molar-refractivity contribution in [3.05, 3.63) is 71.3 Å². The molecule has 1 amide bonds. The Morgan fingerprint density at radius 1 is 0.952 bits per heavy atom. The Morgan fingerprint density at radius 3 is 2.29 bits per heavy atom. The molecular formula is C18H21NO2. The molecule has 0 fully saturated rings. The molecule has 3 nitrogen and oxygen atoms in total. The van der Waals surface area contributed by atoms with Crippen molar-refractivity contribution < 1.29 is 9.53 Å². The lowest BCUT2D eigenvalue weighted by atomic mass is 10.1. The van der Waals surface area contributed by atoms with Crippen molar-refractivity contribution in [3.8, 4) is 0 Å². The number of hydrogen-bond donors (Lipinski definition) is 1. The quantitative estimate of drug-likeness (QED) is 0.848. The molecule has 0 aliphatic rings. The third-order valence-electron chi connectivity index (χ3n) is 3.31. The first-order valence-corrected chi connectivity index (χ1v) is 7.15. The number of ether oxygens (including phenoxy) is 1. The van der Waals surface area contributed by atoms with Crippen molar-refractivity contribution in [1.82, 2.24) is 5.32 Å². The lowest BCUT2D eigenvalue weighted by Crippen LogP contribution is -2.22. The molecule has 0 saturated carbocycles. The van der Waals surface area contributed by atoms with Crippen LogP contribution < -0.4 is 5.32 Å². The predicted octanol–water partition coefficient (Wildman–Crippen LogP) is 3.08. The minimum atomic E-state index is 0.0832. The number of benzene rings is 2. The molecule has 1 N–H and O–H groups in total. The van der Waals surface area contributed by atoms with E-state index in [1.807, 2.05) is 54.6 Å². The van der Waals surface area contributed by atoms with Gasteiger partial charge in [-0.25, -0.2) is 0 Å². The van der Waals surface area contributed by atoms with E-state index in [0.717, 1.165) is 17.5 Å². The van der Waals surface area contributed by atoms with Gasteiger partial charge in [0.15, 0.2) is 0 Å². The highest BCUT2D eigenvalue weighted by atomic mass is 16.5. The SMILES string of the molecule is COCc1ccc(CNC(=O)CCc2ccccc2)cc1. The number of amides is 1. The van der Waals surface area contributed by atoms with E-state index >= 15 is 0 Å². The highest BCUT2D eigenvalue weighted by Gasteiger charge is 2.02. The molecule has 3 heteroatoms. The lowest BCUT2D eigenvalue weighted by molar-refractivity contribution is -0.121. The second kappa shape index (κ2) is 8.22. The minimum absolute atomic E-state index is 0.0832. The number of methoxy groups -OCH3 is 1. The molecule has 0 heterocycles. The van der Waals surface area contributed by atoms with Crippen LogP contribution in [0.25, 0.3) is 0 Å². The minimum Gasteiger partial charge on any atom is -0.380 e. The van der Waals surface area contributed by atoms with Crippen molar-refractivity contribution in [1.29, 1.82) is 0 Å². The second-order valence-electron chi connectivity index (χ2n) is 5.01. The van der Waals surface area contributed by atoms with Crippen LogP contribution in [0, 0.1) is 0 Å². The van der Waals surface area contributed by atoms with E-state index in [-0.39, 0.29) is 5.91 Å². The highest BCUT2D eigenvalue weighted by Crippen LogP contribution is 2.06. The normalized spacial score (nSPS) is 10.3. The van der Waals surface area contributed by atoms with Gasteiger partial charge in [-0.2, -0.15) is 0 Å². The average Bonchev–Trinajstić information content (AvgIpc) is 2.53. The van der Waals surface area contributed by atoms with Crippen LogP contribution in [0.5, 0.6) is 0 Å². The summed E-state index contributed by atoms with van der Waals surface area (Å²) in [6.45, 7) is 1.19. The molecule has 0 aliphatic carbocycles. The maximum Gasteiger partial charge on any atom is 0.220 e. The summed E-state index contributed by atoms with van der Waals surface area (Å²) in [5, 5.41) is 2.95.